The first-order valence-corrected chi connectivity index (χ1v) is 12.5. The number of hydrogen-bond donors (Lipinski definition) is 2. The highest BCUT2D eigenvalue weighted by molar-refractivity contribution is 7.89. The number of urea groups is 1. The molecule has 3 rings (SSSR count). The number of nitrogens with zero attached hydrogens (tertiary/aromatic N) is 2. The molecule has 2 amide bonds. The van der Waals surface area contributed by atoms with E-state index in [0.717, 1.165) is 18.4 Å². The second-order valence-corrected chi connectivity index (χ2v) is 9.94. The average Bonchev–Trinajstić information content (AvgIpc) is 2.74. The van der Waals surface area contributed by atoms with E-state index >= 15 is 0 Å². The van der Waals surface area contributed by atoms with Crippen molar-refractivity contribution < 1.29 is 22.7 Å². The molecule has 2 N–H and O–H groups in total. The Bertz CT molecular complexity index is 967. The smallest absolute Gasteiger partial charge is 0.337 e. The van der Waals surface area contributed by atoms with Crippen LogP contribution in [0.3, 0.4) is 0 Å². The molecule has 2 aliphatic rings. The first-order chi connectivity index (χ1) is 15.3. The highest BCUT2D eigenvalue weighted by atomic mass is 32.2. The molecule has 0 aromatic heterocycles. The number of rotatable bonds is 8. The first kappa shape index (κ1) is 24.2. The first-order valence-electron chi connectivity index (χ1n) is 11.0. The van der Waals surface area contributed by atoms with Crippen LogP contribution < -0.4 is 10.6 Å². The Morgan fingerprint density at radius 2 is 1.78 bits per heavy atom. The monoisotopic (exact) mass is 464 g/mol. The van der Waals surface area contributed by atoms with E-state index in [1.165, 1.54) is 4.31 Å². The van der Waals surface area contributed by atoms with E-state index in [9.17, 15) is 18.0 Å². The largest absolute Gasteiger partial charge is 0.463 e. The summed E-state index contributed by atoms with van der Waals surface area (Å²) in [5.41, 5.74) is 2.02. The van der Waals surface area contributed by atoms with Crippen molar-refractivity contribution in [3.05, 3.63) is 41.1 Å². The molecule has 2 heterocycles. The number of carbonyl (C=O) groups excluding carboxylic acids is 2. The van der Waals surface area contributed by atoms with E-state index in [0.29, 0.717) is 48.9 Å². The molecule has 10 heteroatoms. The van der Waals surface area contributed by atoms with Crippen LogP contribution in [0.15, 0.2) is 40.4 Å². The van der Waals surface area contributed by atoms with Gasteiger partial charge in [0, 0.05) is 38.4 Å². The highest BCUT2D eigenvalue weighted by Crippen LogP contribution is 2.20. The molecule has 0 aliphatic carbocycles. The van der Waals surface area contributed by atoms with Crippen molar-refractivity contribution >= 4 is 22.0 Å². The number of piperazine rings is 1. The molecule has 9 nitrogen and oxygen atoms in total. The molecule has 1 saturated heterocycles. The van der Waals surface area contributed by atoms with Crippen molar-refractivity contribution in [2.45, 2.75) is 44.6 Å². The number of sulfonamides is 1. The lowest BCUT2D eigenvalue weighted by Crippen LogP contribution is -2.54. The Kier molecular flexibility index (Phi) is 7.91. The van der Waals surface area contributed by atoms with Gasteiger partial charge in [0.05, 0.1) is 23.1 Å². The number of ether oxygens (including phenoxy) is 1. The fourth-order valence-corrected chi connectivity index (χ4v) is 5.44. The lowest BCUT2D eigenvalue weighted by molar-refractivity contribution is -0.139. The lowest BCUT2D eigenvalue weighted by Gasteiger charge is -2.36. The second kappa shape index (κ2) is 10.5. The van der Waals surface area contributed by atoms with Crippen molar-refractivity contribution in [1.29, 1.82) is 0 Å². The topological polar surface area (TPSA) is 108 Å². The predicted octanol–water partition coefficient (Wildman–Crippen LogP) is 1.46. The third-order valence-electron chi connectivity index (χ3n) is 5.68. The van der Waals surface area contributed by atoms with Gasteiger partial charge in [0.1, 0.15) is 0 Å². The standard InChI is InChI=1S/C22H32N4O5S/c1-4-6-17-7-9-18(10-8-17)32(29,30)26-13-11-25(12-14-26)15-19-20(21(27)31-5-2)16(3)23-22(28)24-19/h7-10,16H,4-6,11-15H2,1-3H3,(H2,23,24,28). The molecule has 32 heavy (non-hydrogen) atoms. The summed E-state index contributed by atoms with van der Waals surface area (Å²) in [6, 6.07) is 6.27. The molecule has 1 aromatic carbocycles. The molecule has 0 bridgehead atoms. The summed E-state index contributed by atoms with van der Waals surface area (Å²) < 4.78 is 32.7. The fourth-order valence-electron chi connectivity index (χ4n) is 4.02. The van der Waals surface area contributed by atoms with E-state index in [-0.39, 0.29) is 12.6 Å². The van der Waals surface area contributed by atoms with Crippen LogP contribution in [0.2, 0.25) is 0 Å². The van der Waals surface area contributed by atoms with E-state index in [1.807, 2.05) is 17.0 Å². The van der Waals surface area contributed by atoms with E-state index < -0.39 is 22.0 Å². The van der Waals surface area contributed by atoms with Crippen LogP contribution in [-0.4, -0.2) is 75.0 Å². The van der Waals surface area contributed by atoms with Crippen LogP contribution in [0.5, 0.6) is 0 Å². The Morgan fingerprint density at radius 3 is 2.38 bits per heavy atom. The average molecular weight is 465 g/mol. The molecule has 2 aliphatic heterocycles. The van der Waals surface area contributed by atoms with E-state index in [1.54, 1.807) is 26.0 Å². The zero-order valence-corrected chi connectivity index (χ0v) is 19.7. The van der Waals surface area contributed by atoms with Gasteiger partial charge in [-0.3, -0.25) is 4.90 Å². The summed E-state index contributed by atoms with van der Waals surface area (Å²) in [6.07, 6.45) is 1.94. The second-order valence-electron chi connectivity index (χ2n) is 8.01. The van der Waals surface area contributed by atoms with Crippen molar-refractivity contribution in [1.82, 2.24) is 19.8 Å². The number of nitrogens with one attached hydrogen (secondary N) is 2. The minimum Gasteiger partial charge on any atom is -0.463 e. The number of amides is 2. The maximum Gasteiger partial charge on any atom is 0.337 e. The zero-order valence-electron chi connectivity index (χ0n) is 18.9. The molecule has 1 unspecified atom stereocenters. The zero-order chi connectivity index (χ0) is 23.3. The Morgan fingerprint density at radius 1 is 1.12 bits per heavy atom. The third-order valence-corrected chi connectivity index (χ3v) is 7.59. The van der Waals surface area contributed by atoms with Gasteiger partial charge in [-0.05, 0) is 38.0 Å². The molecule has 1 aromatic rings. The van der Waals surface area contributed by atoms with Crippen molar-refractivity contribution in [3.8, 4) is 0 Å². The van der Waals surface area contributed by atoms with Crippen molar-refractivity contribution in [3.63, 3.8) is 0 Å². The summed E-state index contributed by atoms with van der Waals surface area (Å²) in [7, 11) is -3.56. The molecule has 0 radical (unpaired) electrons. The van der Waals surface area contributed by atoms with Gasteiger partial charge in [-0.25, -0.2) is 18.0 Å². The summed E-state index contributed by atoms with van der Waals surface area (Å²) in [6.45, 7) is 7.79. The third kappa shape index (κ3) is 5.48. The van der Waals surface area contributed by atoms with E-state index in [4.69, 9.17) is 4.74 Å². The van der Waals surface area contributed by atoms with E-state index in [2.05, 4.69) is 17.6 Å². The van der Waals surface area contributed by atoms with Crippen molar-refractivity contribution in [2.24, 2.45) is 0 Å². The molecular formula is C22H32N4O5S. The maximum absolute atomic E-state index is 13.0. The van der Waals surface area contributed by atoms with Gasteiger partial charge in [-0.2, -0.15) is 4.31 Å². The minimum absolute atomic E-state index is 0.242. The Labute approximate surface area is 189 Å². The number of esters is 1. The van der Waals surface area contributed by atoms with Crippen LogP contribution in [0.4, 0.5) is 4.79 Å². The molecular weight excluding hydrogens is 432 g/mol. The van der Waals surface area contributed by atoms with Crippen molar-refractivity contribution in [2.75, 3.05) is 39.3 Å². The van der Waals surface area contributed by atoms with Crippen LogP contribution in [0.1, 0.15) is 32.8 Å². The number of benzene rings is 1. The summed E-state index contributed by atoms with van der Waals surface area (Å²) in [4.78, 5) is 26.7. The normalized spacial score (nSPS) is 20.6. The number of carbonyl (C=O) groups is 2. The highest BCUT2D eigenvalue weighted by Gasteiger charge is 2.33. The quantitative estimate of drug-likeness (QED) is 0.564. The summed E-state index contributed by atoms with van der Waals surface area (Å²) >= 11 is 0. The van der Waals surface area contributed by atoms with Gasteiger partial charge in [-0.15, -0.1) is 0 Å². The molecule has 0 saturated carbocycles. The van der Waals surface area contributed by atoms with Crippen LogP contribution >= 0.6 is 0 Å². The van der Waals surface area contributed by atoms with Gasteiger partial charge in [0.15, 0.2) is 0 Å². The lowest BCUT2D eigenvalue weighted by atomic mass is 10.0. The van der Waals surface area contributed by atoms with Crippen LogP contribution in [0, 0.1) is 0 Å². The Balaban J connectivity index is 1.67. The van der Waals surface area contributed by atoms with Gasteiger partial charge in [0.2, 0.25) is 10.0 Å². The molecule has 176 valence electrons. The van der Waals surface area contributed by atoms with Gasteiger partial charge in [0.25, 0.3) is 0 Å². The number of aryl methyl sites for hydroxylation is 1. The number of hydrogen-bond acceptors (Lipinski definition) is 6. The summed E-state index contributed by atoms with van der Waals surface area (Å²) in [5, 5.41) is 5.40. The van der Waals surface area contributed by atoms with Crippen LogP contribution in [-0.2, 0) is 26.0 Å². The van der Waals surface area contributed by atoms with Gasteiger partial charge in [-0.1, -0.05) is 25.5 Å². The molecule has 0 spiro atoms. The fraction of sp³-hybridized carbons (Fsp3) is 0.545. The maximum atomic E-state index is 13.0. The minimum atomic E-state index is -3.56. The Hall–Kier alpha value is -2.43. The predicted molar refractivity (Wildman–Crippen MR) is 120 cm³/mol. The summed E-state index contributed by atoms with van der Waals surface area (Å²) in [5.74, 6) is -0.463. The molecule has 1 atom stereocenters. The SMILES string of the molecule is CCCc1ccc(S(=O)(=O)N2CCN(CC3=C(C(=O)OCC)C(C)NC(=O)N3)CC2)cc1. The molecule has 1 fully saturated rings. The van der Waals surface area contributed by atoms with Gasteiger partial charge < -0.3 is 15.4 Å². The van der Waals surface area contributed by atoms with Crippen LogP contribution in [0.25, 0.3) is 0 Å². The van der Waals surface area contributed by atoms with Gasteiger partial charge >= 0.3 is 12.0 Å².